The number of hydrogen-bond donors (Lipinski definition) is 1. The van der Waals surface area contributed by atoms with E-state index in [0.29, 0.717) is 41.1 Å². The summed E-state index contributed by atoms with van der Waals surface area (Å²) in [5.74, 6) is 0.365. The molecule has 0 amide bonds. The molecule has 10 heteroatoms. The Bertz CT molecular complexity index is 799. The van der Waals surface area contributed by atoms with Crippen LogP contribution < -0.4 is 15.4 Å². The summed E-state index contributed by atoms with van der Waals surface area (Å²) in [6.07, 6.45) is -4.10. The summed E-state index contributed by atoms with van der Waals surface area (Å²) in [4.78, 5) is 10.2. The van der Waals surface area contributed by atoms with Crippen LogP contribution in [0.1, 0.15) is 23.7 Å². The van der Waals surface area contributed by atoms with Crippen molar-refractivity contribution in [3.63, 3.8) is 0 Å². The minimum Gasteiger partial charge on any atom is -0.405 e. The van der Waals surface area contributed by atoms with E-state index in [2.05, 4.69) is 30.6 Å². The number of anilines is 2. The maximum absolute atomic E-state index is 12.9. The second kappa shape index (κ2) is 7.89. The number of ether oxygens (including phenoxy) is 2. The van der Waals surface area contributed by atoms with E-state index in [4.69, 9.17) is 10.5 Å². The average molecular weight is 447 g/mol. The number of nitrogens with two attached hydrogens (primary N) is 1. The molecule has 1 unspecified atom stereocenters. The van der Waals surface area contributed by atoms with Crippen LogP contribution in [0.2, 0.25) is 0 Å². The van der Waals surface area contributed by atoms with Gasteiger partial charge in [0.2, 0.25) is 5.95 Å². The topological polar surface area (TPSA) is 73.5 Å². The van der Waals surface area contributed by atoms with Crippen molar-refractivity contribution in [2.45, 2.75) is 25.7 Å². The first-order valence-corrected chi connectivity index (χ1v) is 9.03. The zero-order valence-electron chi connectivity index (χ0n) is 14.5. The van der Waals surface area contributed by atoms with Crippen LogP contribution in [0.3, 0.4) is 0 Å². The Labute approximate surface area is 162 Å². The predicted molar refractivity (Wildman–Crippen MR) is 97.5 cm³/mol. The zero-order valence-corrected chi connectivity index (χ0v) is 16.0. The summed E-state index contributed by atoms with van der Waals surface area (Å²) < 4.78 is 49.1. The van der Waals surface area contributed by atoms with E-state index in [9.17, 15) is 13.2 Å². The fraction of sp³-hybridized carbons (Fsp3) is 0.412. The molecular weight excluding hydrogens is 429 g/mol. The smallest absolute Gasteiger partial charge is 0.405 e. The van der Waals surface area contributed by atoms with Crippen molar-refractivity contribution in [3.05, 3.63) is 40.0 Å². The van der Waals surface area contributed by atoms with Gasteiger partial charge in [0.25, 0.3) is 0 Å². The minimum atomic E-state index is -4.80. The first kappa shape index (κ1) is 19.7. The van der Waals surface area contributed by atoms with Gasteiger partial charge in [-0.15, -0.1) is 13.2 Å². The monoisotopic (exact) mass is 446 g/mol. The molecule has 1 aromatic heterocycles. The molecule has 1 aliphatic rings. The van der Waals surface area contributed by atoms with Gasteiger partial charge in [0.1, 0.15) is 11.6 Å². The fourth-order valence-electron chi connectivity index (χ4n) is 3.03. The molecule has 6 nitrogen and oxygen atoms in total. The first-order valence-electron chi connectivity index (χ1n) is 8.23. The van der Waals surface area contributed by atoms with E-state index in [0.717, 1.165) is 0 Å². The highest BCUT2D eigenvalue weighted by Gasteiger charge is 2.35. The highest BCUT2D eigenvalue weighted by atomic mass is 79.9. The van der Waals surface area contributed by atoms with E-state index in [1.807, 2.05) is 4.90 Å². The van der Waals surface area contributed by atoms with Gasteiger partial charge in [0.05, 0.1) is 12.6 Å². The highest BCUT2D eigenvalue weighted by Crippen LogP contribution is 2.38. The minimum absolute atomic E-state index is 0.108. The standard InChI is InChI=1S/C17H18BrF3N4O2/c1-10-7-15(24-16(22)23-10)25-5-2-6-26-9-13(25)12-4-3-11(18)8-14(12)27-17(19,20)21/h3-4,7-8,13H,2,5-6,9H2,1H3,(H2,22,23,24). The second-order valence-corrected chi connectivity index (χ2v) is 7.01. The molecule has 3 rings (SSSR count). The van der Waals surface area contributed by atoms with Crippen LogP contribution >= 0.6 is 15.9 Å². The Kier molecular flexibility index (Phi) is 5.75. The van der Waals surface area contributed by atoms with Gasteiger partial charge in [-0.25, -0.2) is 4.98 Å². The molecule has 0 spiro atoms. The Balaban J connectivity index is 2.06. The van der Waals surface area contributed by atoms with Crippen molar-refractivity contribution in [3.8, 4) is 5.75 Å². The van der Waals surface area contributed by atoms with Crippen molar-refractivity contribution < 1.29 is 22.6 Å². The number of alkyl halides is 3. The normalized spacial score (nSPS) is 18.3. The van der Waals surface area contributed by atoms with E-state index < -0.39 is 12.4 Å². The van der Waals surface area contributed by atoms with Gasteiger partial charge in [-0.05, 0) is 25.5 Å². The predicted octanol–water partition coefficient (Wildman–Crippen LogP) is 4.00. The summed E-state index contributed by atoms with van der Waals surface area (Å²) in [7, 11) is 0. The number of nitrogens with zero attached hydrogens (tertiary/aromatic N) is 3. The van der Waals surface area contributed by atoms with Crippen LogP contribution in [0, 0.1) is 6.92 Å². The molecule has 0 radical (unpaired) electrons. The number of aromatic nitrogens is 2. The van der Waals surface area contributed by atoms with Gasteiger partial charge in [-0.3, -0.25) is 0 Å². The molecule has 2 N–H and O–H groups in total. The van der Waals surface area contributed by atoms with E-state index >= 15 is 0 Å². The number of rotatable bonds is 3. The molecule has 0 saturated carbocycles. The fourth-order valence-corrected chi connectivity index (χ4v) is 3.37. The van der Waals surface area contributed by atoms with E-state index in [-0.39, 0.29) is 18.3 Å². The van der Waals surface area contributed by atoms with Gasteiger partial charge in [0.15, 0.2) is 0 Å². The van der Waals surface area contributed by atoms with Crippen LogP contribution in [0.4, 0.5) is 24.9 Å². The third-order valence-corrected chi connectivity index (χ3v) is 4.55. The summed E-state index contributed by atoms with van der Waals surface area (Å²) >= 11 is 3.19. The Morgan fingerprint density at radius 3 is 2.78 bits per heavy atom. The highest BCUT2D eigenvalue weighted by molar-refractivity contribution is 9.10. The lowest BCUT2D eigenvalue weighted by atomic mass is 10.0. The quantitative estimate of drug-likeness (QED) is 0.767. The van der Waals surface area contributed by atoms with E-state index in [1.54, 1.807) is 25.1 Å². The van der Waals surface area contributed by atoms with Gasteiger partial charge in [-0.1, -0.05) is 22.0 Å². The number of aryl methyl sites for hydroxylation is 1. The van der Waals surface area contributed by atoms with Crippen molar-refractivity contribution >= 4 is 27.7 Å². The van der Waals surface area contributed by atoms with Crippen molar-refractivity contribution in [2.75, 3.05) is 30.4 Å². The van der Waals surface area contributed by atoms with Gasteiger partial charge in [-0.2, -0.15) is 4.98 Å². The van der Waals surface area contributed by atoms with Crippen molar-refractivity contribution in [2.24, 2.45) is 0 Å². The third-order valence-electron chi connectivity index (χ3n) is 4.05. The SMILES string of the molecule is Cc1cc(N2CCCOCC2c2ccc(Br)cc2OC(F)(F)F)nc(N)n1. The number of nitrogen functional groups attached to an aromatic ring is 1. The lowest BCUT2D eigenvalue weighted by Crippen LogP contribution is -2.32. The Hall–Kier alpha value is -2.07. The number of hydrogen-bond acceptors (Lipinski definition) is 6. The van der Waals surface area contributed by atoms with Gasteiger partial charge < -0.3 is 20.1 Å². The van der Waals surface area contributed by atoms with Crippen LogP contribution in [0.5, 0.6) is 5.75 Å². The third kappa shape index (κ3) is 5.01. The van der Waals surface area contributed by atoms with Crippen molar-refractivity contribution in [1.29, 1.82) is 0 Å². The molecule has 1 aromatic carbocycles. The summed E-state index contributed by atoms with van der Waals surface area (Å²) in [6.45, 7) is 3.02. The Morgan fingerprint density at radius 2 is 2.07 bits per heavy atom. The molecule has 1 saturated heterocycles. The van der Waals surface area contributed by atoms with E-state index in [1.165, 1.54) is 6.07 Å². The van der Waals surface area contributed by atoms with Crippen LogP contribution in [-0.2, 0) is 4.74 Å². The molecular formula is C17H18BrF3N4O2. The molecule has 146 valence electrons. The number of halogens is 4. The molecule has 27 heavy (non-hydrogen) atoms. The first-order chi connectivity index (χ1) is 12.7. The lowest BCUT2D eigenvalue weighted by Gasteiger charge is -2.32. The molecule has 1 atom stereocenters. The largest absolute Gasteiger partial charge is 0.573 e. The summed E-state index contributed by atoms with van der Waals surface area (Å²) in [5.41, 5.74) is 6.79. The average Bonchev–Trinajstić information content (AvgIpc) is 2.78. The summed E-state index contributed by atoms with van der Waals surface area (Å²) in [6, 6.07) is 5.78. The number of benzene rings is 1. The molecule has 1 fully saturated rings. The maximum Gasteiger partial charge on any atom is 0.573 e. The lowest BCUT2D eigenvalue weighted by molar-refractivity contribution is -0.275. The van der Waals surface area contributed by atoms with Gasteiger partial charge >= 0.3 is 6.36 Å². The molecule has 2 heterocycles. The molecule has 1 aliphatic heterocycles. The zero-order chi connectivity index (χ0) is 19.6. The molecule has 2 aromatic rings. The van der Waals surface area contributed by atoms with Crippen LogP contribution in [0.15, 0.2) is 28.7 Å². The Morgan fingerprint density at radius 1 is 1.30 bits per heavy atom. The summed E-state index contributed by atoms with van der Waals surface area (Å²) in [5, 5.41) is 0. The maximum atomic E-state index is 12.9. The van der Waals surface area contributed by atoms with Crippen molar-refractivity contribution in [1.82, 2.24) is 9.97 Å². The molecule has 0 aliphatic carbocycles. The van der Waals surface area contributed by atoms with Gasteiger partial charge in [0, 0.05) is 34.9 Å². The van der Waals surface area contributed by atoms with Crippen LogP contribution in [-0.4, -0.2) is 36.1 Å². The second-order valence-electron chi connectivity index (χ2n) is 6.09. The van der Waals surface area contributed by atoms with Crippen LogP contribution in [0.25, 0.3) is 0 Å². The molecule has 0 bridgehead atoms.